The zero-order valence-electron chi connectivity index (χ0n) is 16.1. The van der Waals surface area contributed by atoms with Gasteiger partial charge in [-0.2, -0.15) is 15.0 Å². The maximum atomic E-state index is 4.69. The van der Waals surface area contributed by atoms with Crippen LogP contribution in [-0.4, -0.2) is 55.7 Å². The molecule has 1 aliphatic rings. The van der Waals surface area contributed by atoms with E-state index in [1.807, 2.05) is 38.0 Å². The van der Waals surface area contributed by atoms with Gasteiger partial charge in [-0.1, -0.05) is 29.8 Å². The molecule has 0 N–H and O–H groups in total. The molecular formula is C19H28N6. The first-order valence-electron chi connectivity index (χ1n) is 8.79. The van der Waals surface area contributed by atoms with Crippen molar-refractivity contribution in [3.63, 3.8) is 0 Å². The Morgan fingerprint density at radius 2 is 1.48 bits per heavy atom. The van der Waals surface area contributed by atoms with Gasteiger partial charge in [0.1, 0.15) is 0 Å². The zero-order valence-corrected chi connectivity index (χ0v) is 16.1. The van der Waals surface area contributed by atoms with Crippen molar-refractivity contribution in [3.05, 3.63) is 35.4 Å². The van der Waals surface area contributed by atoms with Crippen molar-refractivity contribution in [2.24, 2.45) is 0 Å². The van der Waals surface area contributed by atoms with Crippen LogP contribution in [0.1, 0.15) is 30.4 Å². The molecule has 0 saturated carbocycles. The van der Waals surface area contributed by atoms with Gasteiger partial charge in [-0.05, 0) is 25.8 Å². The molecule has 1 aliphatic heterocycles. The SMILES string of the molecule is Cc1ccc(C2CC(C)N(c3nc(N(C)C)nc(N(C)C)n3)C2)cc1. The number of aryl methyl sites for hydroxylation is 1. The van der Waals surface area contributed by atoms with Gasteiger partial charge in [-0.15, -0.1) is 0 Å². The van der Waals surface area contributed by atoms with Crippen LogP contribution in [0.25, 0.3) is 0 Å². The summed E-state index contributed by atoms with van der Waals surface area (Å²) >= 11 is 0. The van der Waals surface area contributed by atoms with Crippen molar-refractivity contribution >= 4 is 17.8 Å². The van der Waals surface area contributed by atoms with E-state index in [-0.39, 0.29) is 0 Å². The lowest BCUT2D eigenvalue weighted by Crippen LogP contribution is -2.30. The third kappa shape index (κ3) is 3.67. The van der Waals surface area contributed by atoms with Crippen LogP contribution in [0.4, 0.5) is 17.8 Å². The number of rotatable bonds is 4. The quantitative estimate of drug-likeness (QED) is 0.853. The molecule has 0 radical (unpaired) electrons. The summed E-state index contributed by atoms with van der Waals surface area (Å²) in [5.74, 6) is 2.67. The topological polar surface area (TPSA) is 48.4 Å². The molecule has 0 spiro atoms. The number of anilines is 3. The van der Waals surface area contributed by atoms with Gasteiger partial charge in [0.2, 0.25) is 17.8 Å². The summed E-state index contributed by atoms with van der Waals surface area (Å²) < 4.78 is 0. The smallest absolute Gasteiger partial charge is 0.232 e. The molecule has 6 heteroatoms. The van der Waals surface area contributed by atoms with Crippen LogP contribution in [0, 0.1) is 6.92 Å². The maximum Gasteiger partial charge on any atom is 0.232 e. The average Bonchev–Trinajstić information content (AvgIpc) is 2.96. The predicted octanol–water partition coefficient (Wildman–Crippen LogP) is 2.69. The largest absolute Gasteiger partial charge is 0.347 e. The van der Waals surface area contributed by atoms with Gasteiger partial charge >= 0.3 is 0 Å². The van der Waals surface area contributed by atoms with Crippen LogP contribution in [-0.2, 0) is 0 Å². The zero-order chi connectivity index (χ0) is 18.1. The second-order valence-corrected chi connectivity index (χ2v) is 7.37. The highest BCUT2D eigenvalue weighted by Crippen LogP contribution is 2.34. The molecule has 134 valence electrons. The second-order valence-electron chi connectivity index (χ2n) is 7.37. The van der Waals surface area contributed by atoms with E-state index in [4.69, 9.17) is 9.97 Å². The van der Waals surface area contributed by atoms with E-state index in [0.29, 0.717) is 23.9 Å². The molecule has 2 atom stereocenters. The Labute approximate surface area is 150 Å². The van der Waals surface area contributed by atoms with Crippen LogP contribution in [0.15, 0.2) is 24.3 Å². The summed E-state index contributed by atoms with van der Waals surface area (Å²) in [4.78, 5) is 20.1. The van der Waals surface area contributed by atoms with E-state index in [0.717, 1.165) is 18.9 Å². The van der Waals surface area contributed by atoms with E-state index in [1.54, 1.807) is 0 Å². The van der Waals surface area contributed by atoms with Gasteiger partial charge in [0, 0.05) is 46.7 Å². The molecule has 0 amide bonds. The summed E-state index contributed by atoms with van der Waals surface area (Å²) in [5, 5.41) is 0. The molecule has 1 aromatic heterocycles. The maximum absolute atomic E-state index is 4.69. The van der Waals surface area contributed by atoms with E-state index >= 15 is 0 Å². The first-order chi connectivity index (χ1) is 11.8. The lowest BCUT2D eigenvalue weighted by atomic mass is 9.96. The molecule has 2 aromatic rings. The van der Waals surface area contributed by atoms with Crippen molar-refractivity contribution < 1.29 is 0 Å². The number of hydrogen-bond donors (Lipinski definition) is 0. The molecule has 2 unspecified atom stereocenters. The predicted molar refractivity (Wildman–Crippen MR) is 104 cm³/mol. The Balaban J connectivity index is 1.89. The van der Waals surface area contributed by atoms with Gasteiger partial charge in [0.25, 0.3) is 0 Å². The number of aromatic nitrogens is 3. The van der Waals surface area contributed by atoms with Gasteiger partial charge < -0.3 is 14.7 Å². The fourth-order valence-corrected chi connectivity index (χ4v) is 3.26. The van der Waals surface area contributed by atoms with Crippen LogP contribution in [0.3, 0.4) is 0 Å². The monoisotopic (exact) mass is 340 g/mol. The van der Waals surface area contributed by atoms with E-state index in [1.165, 1.54) is 11.1 Å². The lowest BCUT2D eigenvalue weighted by molar-refractivity contribution is 0.690. The molecule has 6 nitrogen and oxygen atoms in total. The Hall–Kier alpha value is -2.37. The molecule has 1 fully saturated rings. The highest BCUT2D eigenvalue weighted by atomic mass is 15.4. The number of benzene rings is 1. The highest BCUT2D eigenvalue weighted by Gasteiger charge is 2.32. The van der Waals surface area contributed by atoms with Crippen molar-refractivity contribution in [1.82, 2.24) is 15.0 Å². The van der Waals surface area contributed by atoms with Gasteiger partial charge in [-0.25, -0.2) is 0 Å². The number of nitrogens with zero attached hydrogens (tertiary/aromatic N) is 6. The molecule has 0 aliphatic carbocycles. The first-order valence-corrected chi connectivity index (χ1v) is 8.79. The summed E-state index contributed by atoms with van der Waals surface area (Å²) in [6.45, 7) is 5.32. The van der Waals surface area contributed by atoms with Crippen LogP contribution in [0.2, 0.25) is 0 Å². The lowest BCUT2D eigenvalue weighted by Gasteiger charge is -2.24. The Morgan fingerprint density at radius 1 is 0.920 bits per heavy atom. The van der Waals surface area contributed by atoms with Gasteiger partial charge in [0.05, 0.1) is 0 Å². The Bertz CT molecular complexity index is 699. The van der Waals surface area contributed by atoms with Crippen LogP contribution < -0.4 is 14.7 Å². The van der Waals surface area contributed by atoms with Crippen molar-refractivity contribution in [1.29, 1.82) is 0 Å². The summed E-state index contributed by atoms with van der Waals surface area (Å²) in [6, 6.07) is 9.29. The van der Waals surface area contributed by atoms with Crippen molar-refractivity contribution in [3.8, 4) is 0 Å². The van der Waals surface area contributed by atoms with E-state index < -0.39 is 0 Å². The molecule has 1 saturated heterocycles. The number of hydrogen-bond acceptors (Lipinski definition) is 6. The standard InChI is InChI=1S/C19H28N6/c1-13-7-9-15(10-8-13)16-11-14(2)25(12-16)19-21-17(23(3)4)20-18(22-19)24(5)6/h7-10,14,16H,11-12H2,1-6H3. The minimum absolute atomic E-state index is 0.402. The minimum Gasteiger partial charge on any atom is -0.347 e. The molecular weight excluding hydrogens is 312 g/mol. The normalized spacial score (nSPS) is 20.0. The highest BCUT2D eigenvalue weighted by molar-refractivity contribution is 5.47. The van der Waals surface area contributed by atoms with Crippen molar-refractivity contribution in [2.75, 3.05) is 49.4 Å². The second kappa shape index (κ2) is 6.86. The molecule has 1 aromatic carbocycles. The molecule has 25 heavy (non-hydrogen) atoms. The third-order valence-electron chi connectivity index (χ3n) is 4.78. The molecule has 3 rings (SSSR count). The first kappa shape index (κ1) is 17.5. The van der Waals surface area contributed by atoms with Crippen LogP contribution >= 0.6 is 0 Å². The van der Waals surface area contributed by atoms with Gasteiger partial charge in [-0.3, -0.25) is 0 Å². The Kier molecular flexibility index (Phi) is 4.79. The molecule has 0 bridgehead atoms. The Morgan fingerprint density at radius 3 is 2.00 bits per heavy atom. The summed E-state index contributed by atoms with van der Waals surface area (Å²) in [5.41, 5.74) is 2.70. The van der Waals surface area contributed by atoms with Crippen molar-refractivity contribution in [2.45, 2.75) is 32.2 Å². The summed E-state index contributed by atoms with van der Waals surface area (Å²) in [6.07, 6.45) is 1.11. The summed E-state index contributed by atoms with van der Waals surface area (Å²) in [7, 11) is 7.84. The van der Waals surface area contributed by atoms with Gasteiger partial charge in [0.15, 0.2) is 0 Å². The van der Waals surface area contributed by atoms with E-state index in [9.17, 15) is 0 Å². The fourth-order valence-electron chi connectivity index (χ4n) is 3.26. The molecule has 2 heterocycles. The third-order valence-corrected chi connectivity index (χ3v) is 4.78. The average molecular weight is 340 g/mol. The fraction of sp³-hybridized carbons (Fsp3) is 0.526. The minimum atomic E-state index is 0.402. The van der Waals surface area contributed by atoms with E-state index in [2.05, 4.69) is 48.0 Å². The van der Waals surface area contributed by atoms with Crippen LogP contribution in [0.5, 0.6) is 0 Å².